The maximum absolute atomic E-state index is 14.2. The van der Waals surface area contributed by atoms with Crippen molar-refractivity contribution in [1.29, 1.82) is 0 Å². The number of nitrogens with two attached hydrogens (primary N) is 1. The van der Waals surface area contributed by atoms with Gasteiger partial charge < -0.3 is 41.0 Å². The highest BCUT2D eigenvalue weighted by Crippen LogP contribution is 2.25. The fraction of sp³-hybridized carbons (Fsp3) is 0.667. The van der Waals surface area contributed by atoms with Crippen LogP contribution in [0.15, 0.2) is 35.9 Å². The number of hydrogen-bond donors (Lipinski definition) is 4. The molecular weight excluding hydrogens is 769 g/mol. The van der Waals surface area contributed by atoms with Gasteiger partial charge in [0.05, 0.1) is 6.54 Å². The van der Waals surface area contributed by atoms with E-state index in [9.17, 15) is 33.6 Å². The smallest absolute Gasteiger partial charge is 0.334 e. The summed E-state index contributed by atoms with van der Waals surface area (Å²) in [5.74, 6) is -5.31. The molecule has 0 saturated heterocycles. The van der Waals surface area contributed by atoms with Crippen LogP contribution in [0.5, 0.6) is 0 Å². The van der Waals surface area contributed by atoms with Gasteiger partial charge in [-0.1, -0.05) is 97.2 Å². The van der Waals surface area contributed by atoms with Gasteiger partial charge in [0.1, 0.15) is 30.3 Å². The van der Waals surface area contributed by atoms with Crippen LogP contribution in [0, 0.1) is 30.6 Å². The maximum atomic E-state index is 14.2. The second kappa shape index (κ2) is 23.9. The lowest BCUT2D eigenvalue weighted by Crippen LogP contribution is -2.57. The second-order valence-electron chi connectivity index (χ2n) is 17.2. The zero-order chi connectivity index (χ0) is 45.6. The fourth-order valence-electron chi connectivity index (χ4n) is 6.92. The molecule has 1 aliphatic rings. The number of esters is 2. The third kappa shape index (κ3) is 15.0. The molecular formula is C45H72N6O9. The van der Waals surface area contributed by atoms with E-state index in [1.807, 2.05) is 72.7 Å². The van der Waals surface area contributed by atoms with Crippen molar-refractivity contribution in [3.05, 3.63) is 47.0 Å². The largest absolute Gasteiger partial charge is 0.460 e. The minimum Gasteiger partial charge on any atom is -0.460 e. The molecule has 1 aliphatic heterocycles. The molecule has 10 atom stereocenters. The molecule has 60 heavy (non-hydrogen) atoms. The average Bonchev–Trinajstić information content (AvgIpc) is 3.20. The Morgan fingerprint density at radius 2 is 1.37 bits per heavy atom. The third-order valence-electron chi connectivity index (χ3n) is 11.6. The van der Waals surface area contributed by atoms with E-state index in [0.717, 1.165) is 11.1 Å². The molecule has 1 aromatic carbocycles. The summed E-state index contributed by atoms with van der Waals surface area (Å²) in [6.45, 7) is 19.2. The third-order valence-corrected chi connectivity index (χ3v) is 11.6. The van der Waals surface area contributed by atoms with Crippen molar-refractivity contribution in [2.45, 2.75) is 151 Å². The number of nitrogens with zero attached hydrogens (tertiary/aromatic N) is 2. The quantitative estimate of drug-likeness (QED) is 0.280. The number of ether oxygens (including phenoxy) is 2. The summed E-state index contributed by atoms with van der Waals surface area (Å²) in [6, 6.07) is 2.57. The van der Waals surface area contributed by atoms with Crippen molar-refractivity contribution in [3.63, 3.8) is 0 Å². The second-order valence-corrected chi connectivity index (χ2v) is 17.2. The molecule has 1 aromatic rings. The van der Waals surface area contributed by atoms with Crippen LogP contribution in [0.3, 0.4) is 0 Å². The highest BCUT2D eigenvalue weighted by atomic mass is 16.6. The molecule has 0 fully saturated rings. The Morgan fingerprint density at radius 3 is 1.93 bits per heavy atom. The van der Waals surface area contributed by atoms with E-state index in [1.54, 1.807) is 19.9 Å². The highest BCUT2D eigenvalue weighted by Gasteiger charge is 2.37. The lowest BCUT2D eigenvalue weighted by Gasteiger charge is -2.34. The number of nitrogens with one attached hydrogen (secondary N) is 3. The number of hydrogen-bond acceptors (Lipinski definition) is 10. The van der Waals surface area contributed by atoms with E-state index in [0.29, 0.717) is 12.8 Å². The predicted molar refractivity (Wildman–Crippen MR) is 230 cm³/mol. The minimum absolute atomic E-state index is 0.0536. The summed E-state index contributed by atoms with van der Waals surface area (Å²) in [6.07, 6.45) is 1.46. The molecule has 1 heterocycles. The van der Waals surface area contributed by atoms with Crippen LogP contribution in [0.4, 0.5) is 0 Å². The fourth-order valence-corrected chi connectivity index (χ4v) is 6.92. The van der Waals surface area contributed by atoms with Gasteiger partial charge in [0.2, 0.25) is 23.6 Å². The Labute approximate surface area is 357 Å². The van der Waals surface area contributed by atoms with E-state index in [2.05, 4.69) is 16.0 Å². The van der Waals surface area contributed by atoms with Gasteiger partial charge in [0.25, 0.3) is 5.91 Å². The molecule has 1 unspecified atom stereocenters. The van der Waals surface area contributed by atoms with Gasteiger partial charge in [-0.25, -0.2) is 9.59 Å². The van der Waals surface area contributed by atoms with Crippen LogP contribution >= 0.6 is 0 Å². The Morgan fingerprint density at radius 1 is 0.783 bits per heavy atom. The molecule has 5 amide bonds. The van der Waals surface area contributed by atoms with Crippen LogP contribution in [0.1, 0.15) is 106 Å². The summed E-state index contributed by atoms with van der Waals surface area (Å²) < 4.78 is 11.7. The molecule has 15 heteroatoms. The van der Waals surface area contributed by atoms with Crippen molar-refractivity contribution in [2.24, 2.45) is 29.4 Å². The van der Waals surface area contributed by atoms with Gasteiger partial charge >= 0.3 is 11.9 Å². The SMILES string of the molecule is CCC(C)[C@@H]1NC(=O)CN(C)C(=O)[C@@H](Cc2ccc(C)cc2)N(C)C(=O)[C@H](C)NC(=O)[C@@H](CC(C)C)OC(=O)/C(C)=C/C[C@H](N)[C@H](C)[C@@H]([C@@H](C)CC)OC(=O)[C@@H](C)NC1=O. The van der Waals surface area contributed by atoms with Crippen LogP contribution in [-0.4, -0.2) is 114 Å². The van der Waals surface area contributed by atoms with Crippen LogP contribution < -0.4 is 21.7 Å². The van der Waals surface area contributed by atoms with Gasteiger partial charge in [0, 0.05) is 38.0 Å². The molecule has 0 saturated carbocycles. The summed E-state index contributed by atoms with van der Waals surface area (Å²) >= 11 is 0. The Bertz CT molecular complexity index is 1680. The lowest BCUT2D eigenvalue weighted by molar-refractivity contribution is -0.158. The van der Waals surface area contributed by atoms with Crippen LogP contribution in [0.2, 0.25) is 0 Å². The lowest BCUT2D eigenvalue weighted by atomic mass is 9.85. The summed E-state index contributed by atoms with van der Waals surface area (Å²) in [7, 11) is 2.89. The normalized spacial score (nSPS) is 28.8. The summed E-state index contributed by atoms with van der Waals surface area (Å²) in [5.41, 5.74) is 8.62. The number of benzene rings is 1. The van der Waals surface area contributed by atoms with Crippen molar-refractivity contribution < 1.29 is 43.0 Å². The molecule has 0 aromatic heterocycles. The maximum Gasteiger partial charge on any atom is 0.334 e. The van der Waals surface area contributed by atoms with E-state index in [-0.39, 0.29) is 48.5 Å². The molecule has 0 aliphatic carbocycles. The van der Waals surface area contributed by atoms with Gasteiger partial charge in [-0.2, -0.15) is 0 Å². The van der Waals surface area contributed by atoms with Crippen molar-refractivity contribution in [3.8, 4) is 0 Å². The van der Waals surface area contributed by atoms with Crippen molar-refractivity contribution in [2.75, 3.05) is 20.6 Å². The number of carbonyl (C=O) groups is 7. The van der Waals surface area contributed by atoms with Crippen LogP contribution in [0.25, 0.3) is 0 Å². The van der Waals surface area contributed by atoms with E-state index in [1.165, 1.54) is 37.7 Å². The first-order valence-corrected chi connectivity index (χ1v) is 21.3. The number of aryl methyl sites for hydroxylation is 1. The van der Waals surface area contributed by atoms with E-state index < -0.39 is 90.4 Å². The molecule has 0 radical (unpaired) electrons. The minimum atomic E-state index is -1.22. The molecule has 0 spiro atoms. The van der Waals surface area contributed by atoms with Crippen molar-refractivity contribution in [1.82, 2.24) is 25.8 Å². The zero-order valence-corrected chi connectivity index (χ0v) is 38.1. The number of likely N-dealkylation sites (N-methyl/N-ethyl adjacent to an activating group) is 2. The average molecular weight is 841 g/mol. The number of carbonyl (C=O) groups excluding carboxylic acids is 7. The predicted octanol–water partition coefficient (Wildman–Crippen LogP) is 3.59. The topological polar surface area (TPSA) is 207 Å². The molecule has 15 nitrogen and oxygen atoms in total. The van der Waals surface area contributed by atoms with E-state index in [4.69, 9.17) is 15.2 Å². The Balaban J connectivity index is 2.62. The van der Waals surface area contributed by atoms with E-state index >= 15 is 0 Å². The Hall–Kier alpha value is -4.79. The first kappa shape index (κ1) is 51.4. The van der Waals surface area contributed by atoms with Crippen molar-refractivity contribution >= 4 is 41.5 Å². The summed E-state index contributed by atoms with van der Waals surface area (Å²) in [4.78, 5) is 98.5. The van der Waals surface area contributed by atoms with Gasteiger partial charge in [-0.05, 0) is 63.9 Å². The van der Waals surface area contributed by atoms with Gasteiger partial charge in [0.15, 0.2) is 6.10 Å². The number of amides is 5. The first-order chi connectivity index (χ1) is 28.0. The first-order valence-electron chi connectivity index (χ1n) is 21.3. The molecule has 5 N–H and O–H groups in total. The monoisotopic (exact) mass is 841 g/mol. The zero-order valence-electron chi connectivity index (χ0n) is 38.1. The van der Waals surface area contributed by atoms with Crippen LogP contribution in [-0.2, 0) is 49.5 Å². The molecule has 336 valence electrons. The Kier molecular flexibility index (Phi) is 20.4. The summed E-state index contributed by atoms with van der Waals surface area (Å²) in [5, 5.41) is 8.15. The number of rotatable bonds is 8. The standard InChI is InChI=1S/C45H72N6O9/c1-14-27(6)38-41(54)48-32(11)45(58)60-39(28(7)15-2)30(9)34(46)21-18-29(8)44(57)59-36(22-25(3)4)40(53)47-31(10)42(55)51(13)35(23-33-19-16-26(5)17-20-33)43(56)50(12)24-37(52)49-38/h16-20,25,27-28,30-32,34-36,38-39H,14-15,21-24,46H2,1-13H3,(H,47,53)(H,48,54)(H,49,52)/b29-18+/t27?,28-,30-,31-,32+,34-,35+,36+,38-,39+/m0/s1. The molecule has 0 bridgehead atoms. The van der Waals surface area contributed by atoms with Gasteiger partial charge in [-0.3, -0.25) is 24.0 Å². The van der Waals surface area contributed by atoms with Gasteiger partial charge in [-0.15, -0.1) is 0 Å². The number of cyclic esters (lactones) is 2. The molecule has 2 rings (SSSR count). The highest BCUT2D eigenvalue weighted by molar-refractivity contribution is 5.96.